The van der Waals surface area contributed by atoms with Crippen molar-refractivity contribution in [1.29, 1.82) is 0 Å². The number of nitrogens with zero attached hydrogens (tertiary/aromatic N) is 1. The molecule has 0 aromatic heterocycles. The molecule has 0 saturated carbocycles. The van der Waals surface area contributed by atoms with Crippen molar-refractivity contribution in [2.24, 2.45) is 11.7 Å². The van der Waals surface area contributed by atoms with Crippen molar-refractivity contribution in [3.8, 4) is 0 Å². The number of hydrogen-bond acceptors (Lipinski definition) is 4. The Kier molecular flexibility index (Phi) is 9.25. The average molecular weight is 384 g/mol. The van der Waals surface area contributed by atoms with E-state index in [-0.39, 0.29) is 16.8 Å². The normalized spacial score (nSPS) is 13.2. The number of benzene rings is 1. The van der Waals surface area contributed by atoms with Crippen LogP contribution in [0.4, 0.5) is 0 Å². The Hall–Kier alpha value is -1.44. The van der Waals surface area contributed by atoms with Gasteiger partial charge in [-0.3, -0.25) is 4.79 Å². The van der Waals surface area contributed by atoms with Crippen LogP contribution in [0.2, 0.25) is 0 Å². The molecule has 0 spiro atoms. The molecule has 1 amide bonds. The third kappa shape index (κ3) is 6.70. The first-order valence-electron chi connectivity index (χ1n) is 9.33. The molecule has 148 valence electrons. The van der Waals surface area contributed by atoms with Gasteiger partial charge < -0.3 is 11.1 Å². The Bertz CT molecular complexity index is 653. The summed E-state index contributed by atoms with van der Waals surface area (Å²) < 4.78 is 26.4. The van der Waals surface area contributed by atoms with Gasteiger partial charge in [0, 0.05) is 32.1 Å². The van der Waals surface area contributed by atoms with Gasteiger partial charge in [0.05, 0.1) is 4.90 Å². The largest absolute Gasteiger partial charge is 0.352 e. The molecule has 0 radical (unpaired) electrons. The molecule has 1 atom stereocenters. The van der Waals surface area contributed by atoms with Crippen LogP contribution < -0.4 is 11.1 Å². The Morgan fingerprint density at radius 2 is 1.73 bits per heavy atom. The summed E-state index contributed by atoms with van der Waals surface area (Å²) in [6.07, 6.45) is 1.79. The minimum atomic E-state index is -3.44. The number of carbonyl (C=O) groups is 1. The Morgan fingerprint density at radius 1 is 1.15 bits per heavy atom. The zero-order chi connectivity index (χ0) is 19.7. The maximum Gasteiger partial charge on any atom is 0.243 e. The molecule has 0 saturated heterocycles. The highest BCUT2D eigenvalue weighted by atomic mass is 32.2. The maximum atomic E-state index is 12.5. The monoisotopic (exact) mass is 383 g/mol. The SMILES string of the molecule is CCN(CC)S(=O)(=O)c1ccc(CCC(=O)NC(CN)CC(C)C)cc1. The average Bonchev–Trinajstić information content (AvgIpc) is 2.60. The molecule has 0 bridgehead atoms. The van der Waals surface area contributed by atoms with Gasteiger partial charge in [-0.2, -0.15) is 4.31 Å². The van der Waals surface area contributed by atoms with E-state index in [1.165, 1.54) is 4.31 Å². The number of nitrogens with one attached hydrogen (secondary N) is 1. The van der Waals surface area contributed by atoms with Gasteiger partial charge in [0.15, 0.2) is 0 Å². The van der Waals surface area contributed by atoms with Crippen molar-refractivity contribution in [2.45, 2.75) is 57.9 Å². The summed E-state index contributed by atoms with van der Waals surface area (Å²) in [6, 6.07) is 6.78. The first kappa shape index (κ1) is 22.6. The zero-order valence-corrected chi connectivity index (χ0v) is 17.2. The van der Waals surface area contributed by atoms with E-state index in [2.05, 4.69) is 19.2 Å². The van der Waals surface area contributed by atoms with Crippen LogP contribution in [0.5, 0.6) is 0 Å². The Morgan fingerprint density at radius 3 is 2.19 bits per heavy atom. The second-order valence-electron chi connectivity index (χ2n) is 6.86. The topological polar surface area (TPSA) is 92.5 Å². The molecule has 7 heteroatoms. The lowest BCUT2D eigenvalue weighted by Crippen LogP contribution is -2.41. The second kappa shape index (κ2) is 10.6. The van der Waals surface area contributed by atoms with Crippen LogP contribution >= 0.6 is 0 Å². The summed E-state index contributed by atoms with van der Waals surface area (Å²) in [7, 11) is -3.44. The third-order valence-corrected chi connectivity index (χ3v) is 6.38. The van der Waals surface area contributed by atoms with Crippen molar-refractivity contribution in [2.75, 3.05) is 19.6 Å². The first-order chi connectivity index (χ1) is 12.2. The molecule has 1 aromatic rings. The first-order valence-corrected chi connectivity index (χ1v) is 10.8. The molecule has 0 aliphatic heterocycles. The van der Waals surface area contributed by atoms with E-state index < -0.39 is 10.0 Å². The minimum absolute atomic E-state index is 0.00379. The quantitative estimate of drug-likeness (QED) is 0.612. The van der Waals surface area contributed by atoms with E-state index in [1.807, 2.05) is 13.8 Å². The van der Waals surface area contributed by atoms with Crippen molar-refractivity contribution < 1.29 is 13.2 Å². The molecule has 1 rings (SSSR count). The van der Waals surface area contributed by atoms with E-state index in [1.54, 1.807) is 24.3 Å². The number of rotatable bonds is 11. The fraction of sp³-hybridized carbons (Fsp3) is 0.632. The highest BCUT2D eigenvalue weighted by Gasteiger charge is 2.21. The summed E-state index contributed by atoms with van der Waals surface area (Å²) in [5.74, 6) is 0.449. The lowest BCUT2D eigenvalue weighted by Gasteiger charge is -2.19. The summed E-state index contributed by atoms with van der Waals surface area (Å²) in [6.45, 7) is 9.16. The van der Waals surface area contributed by atoms with E-state index in [4.69, 9.17) is 5.73 Å². The third-order valence-electron chi connectivity index (χ3n) is 4.31. The number of nitrogens with two attached hydrogens (primary N) is 1. The van der Waals surface area contributed by atoms with Gasteiger partial charge >= 0.3 is 0 Å². The van der Waals surface area contributed by atoms with E-state index in [9.17, 15) is 13.2 Å². The summed E-state index contributed by atoms with van der Waals surface area (Å²) in [5, 5.41) is 2.97. The van der Waals surface area contributed by atoms with Crippen LogP contribution in [-0.2, 0) is 21.2 Å². The Balaban J connectivity index is 2.64. The lowest BCUT2D eigenvalue weighted by atomic mass is 10.0. The van der Waals surface area contributed by atoms with Gasteiger partial charge in [0.2, 0.25) is 15.9 Å². The molecular formula is C19H33N3O3S. The molecule has 3 N–H and O–H groups in total. The Labute approximate surface area is 158 Å². The molecule has 0 aliphatic rings. The number of hydrogen-bond donors (Lipinski definition) is 2. The highest BCUT2D eigenvalue weighted by Crippen LogP contribution is 2.17. The number of sulfonamides is 1. The molecule has 0 fully saturated rings. The van der Waals surface area contributed by atoms with Gasteiger partial charge in [-0.1, -0.05) is 39.8 Å². The van der Waals surface area contributed by atoms with Gasteiger partial charge in [-0.25, -0.2) is 8.42 Å². The predicted molar refractivity (Wildman–Crippen MR) is 105 cm³/mol. The fourth-order valence-electron chi connectivity index (χ4n) is 2.88. The van der Waals surface area contributed by atoms with Crippen molar-refractivity contribution in [3.63, 3.8) is 0 Å². The summed E-state index contributed by atoms with van der Waals surface area (Å²) in [4.78, 5) is 12.4. The fourth-order valence-corrected chi connectivity index (χ4v) is 4.34. The van der Waals surface area contributed by atoms with Crippen LogP contribution in [0.1, 0.15) is 46.1 Å². The molecular weight excluding hydrogens is 350 g/mol. The van der Waals surface area contributed by atoms with Crippen molar-refractivity contribution >= 4 is 15.9 Å². The molecule has 1 unspecified atom stereocenters. The summed E-state index contributed by atoms with van der Waals surface area (Å²) in [5.41, 5.74) is 6.64. The van der Waals surface area contributed by atoms with Crippen molar-refractivity contribution in [3.05, 3.63) is 29.8 Å². The zero-order valence-electron chi connectivity index (χ0n) is 16.4. The minimum Gasteiger partial charge on any atom is -0.352 e. The summed E-state index contributed by atoms with van der Waals surface area (Å²) >= 11 is 0. The molecule has 26 heavy (non-hydrogen) atoms. The van der Waals surface area contributed by atoms with Gasteiger partial charge in [-0.05, 0) is 36.5 Å². The number of aryl methyl sites for hydroxylation is 1. The molecule has 1 aromatic carbocycles. The molecule has 0 aliphatic carbocycles. The smallest absolute Gasteiger partial charge is 0.243 e. The van der Waals surface area contributed by atoms with Gasteiger partial charge in [-0.15, -0.1) is 0 Å². The van der Waals surface area contributed by atoms with Crippen LogP contribution in [0.15, 0.2) is 29.2 Å². The van der Waals surface area contributed by atoms with Crippen LogP contribution in [0.3, 0.4) is 0 Å². The van der Waals surface area contributed by atoms with Crippen LogP contribution in [0, 0.1) is 5.92 Å². The van der Waals surface area contributed by atoms with Gasteiger partial charge in [0.1, 0.15) is 0 Å². The van der Waals surface area contributed by atoms with E-state index >= 15 is 0 Å². The highest BCUT2D eigenvalue weighted by molar-refractivity contribution is 7.89. The maximum absolute atomic E-state index is 12.5. The predicted octanol–water partition coefficient (Wildman–Crippen LogP) is 2.14. The number of carbonyl (C=O) groups excluding carboxylic acids is 1. The lowest BCUT2D eigenvalue weighted by molar-refractivity contribution is -0.121. The van der Waals surface area contributed by atoms with Crippen LogP contribution in [-0.4, -0.2) is 44.3 Å². The van der Waals surface area contributed by atoms with Crippen molar-refractivity contribution in [1.82, 2.24) is 9.62 Å². The second-order valence-corrected chi connectivity index (χ2v) is 8.80. The van der Waals surface area contributed by atoms with Gasteiger partial charge in [0.25, 0.3) is 0 Å². The molecule has 6 nitrogen and oxygen atoms in total. The van der Waals surface area contributed by atoms with E-state index in [0.29, 0.717) is 38.4 Å². The van der Waals surface area contributed by atoms with E-state index in [0.717, 1.165) is 12.0 Å². The standard InChI is InChI=1S/C19H33N3O3S/c1-5-22(6-2)26(24,25)18-10-7-16(8-11-18)9-12-19(23)21-17(14-20)13-15(3)4/h7-8,10-11,15,17H,5-6,9,12-14,20H2,1-4H3,(H,21,23). The molecule has 0 heterocycles. The number of amides is 1. The van der Waals surface area contributed by atoms with Crippen LogP contribution in [0.25, 0.3) is 0 Å².